The van der Waals surface area contributed by atoms with Gasteiger partial charge in [0, 0.05) is 17.0 Å². The van der Waals surface area contributed by atoms with Crippen molar-refractivity contribution in [2.24, 2.45) is 5.92 Å². The lowest BCUT2D eigenvalue weighted by Gasteiger charge is -2.09. The lowest BCUT2D eigenvalue weighted by atomic mass is 10.1. The number of carboxylic acids is 1. The van der Waals surface area contributed by atoms with Gasteiger partial charge in [0.25, 0.3) is 5.56 Å². The number of benzene rings is 2. The summed E-state index contributed by atoms with van der Waals surface area (Å²) in [6.45, 7) is 0.524. The summed E-state index contributed by atoms with van der Waals surface area (Å²) in [5, 5.41) is 20.1. The van der Waals surface area contributed by atoms with Crippen molar-refractivity contribution in [1.82, 2.24) is 19.6 Å². The van der Waals surface area contributed by atoms with E-state index < -0.39 is 18.1 Å². The van der Waals surface area contributed by atoms with Gasteiger partial charge < -0.3 is 9.84 Å². The van der Waals surface area contributed by atoms with Gasteiger partial charge in [-0.3, -0.25) is 14.3 Å². The second kappa shape index (κ2) is 7.81. The Morgan fingerprint density at radius 2 is 1.97 bits per heavy atom. The molecule has 158 valence electrons. The molecule has 0 saturated heterocycles. The highest BCUT2D eigenvalue weighted by molar-refractivity contribution is 9.10. The molecule has 0 amide bonds. The van der Waals surface area contributed by atoms with Crippen molar-refractivity contribution in [1.29, 1.82) is 0 Å². The van der Waals surface area contributed by atoms with Crippen molar-refractivity contribution in [3.05, 3.63) is 63.1 Å². The summed E-state index contributed by atoms with van der Waals surface area (Å²) in [5.41, 5.74) is 0.955. The first-order valence-electron chi connectivity index (χ1n) is 9.98. The molecule has 5 rings (SSSR count). The van der Waals surface area contributed by atoms with Crippen LogP contribution in [-0.4, -0.2) is 37.2 Å². The Labute approximate surface area is 185 Å². The number of halogens is 1. The summed E-state index contributed by atoms with van der Waals surface area (Å²) in [6, 6.07) is 11.0. The fraction of sp³-hybridized carbons (Fsp3) is 0.273. The van der Waals surface area contributed by atoms with E-state index in [4.69, 9.17) is 9.84 Å². The van der Waals surface area contributed by atoms with E-state index in [1.165, 1.54) is 12.8 Å². The highest BCUT2D eigenvalue weighted by Crippen LogP contribution is 2.34. The van der Waals surface area contributed by atoms with Gasteiger partial charge in [0.2, 0.25) is 0 Å². The predicted molar refractivity (Wildman–Crippen MR) is 118 cm³/mol. The van der Waals surface area contributed by atoms with E-state index in [-0.39, 0.29) is 0 Å². The van der Waals surface area contributed by atoms with Gasteiger partial charge in [-0.2, -0.15) is 10.2 Å². The highest BCUT2D eigenvalue weighted by Gasteiger charge is 2.22. The van der Waals surface area contributed by atoms with Crippen LogP contribution in [0.15, 0.2) is 51.9 Å². The number of rotatable bonds is 7. The van der Waals surface area contributed by atoms with Crippen LogP contribution in [0.25, 0.3) is 21.7 Å². The monoisotopic (exact) mass is 482 g/mol. The Morgan fingerprint density at radius 1 is 1.19 bits per heavy atom. The van der Waals surface area contributed by atoms with Crippen molar-refractivity contribution in [2.45, 2.75) is 25.9 Å². The molecule has 0 spiro atoms. The molecule has 8 nitrogen and oxygen atoms in total. The maximum absolute atomic E-state index is 12.6. The van der Waals surface area contributed by atoms with E-state index in [9.17, 15) is 9.59 Å². The van der Waals surface area contributed by atoms with Crippen LogP contribution in [-0.2, 0) is 17.9 Å². The summed E-state index contributed by atoms with van der Waals surface area (Å²) < 4.78 is 9.51. The Bertz CT molecular complexity index is 1370. The summed E-state index contributed by atoms with van der Waals surface area (Å²) in [6.07, 6.45) is 4.35. The fourth-order valence-electron chi connectivity index (χ4n) is 3.57. The zero-order chi connectivity index (χ0) is 21.5. The normalized spacial score (nSPS) is 13.7. The molecule has 2 aromatic carbocycles. The average molecular weight is 483 g/mol. The number of hydrogen-bond acceptors (Lipinski definition) is 5. The molecule has 4 aromatic rings. The van der Waals surface area contributed by atoms with Crippen LogP contribution in [0.2, 0.25) is 0 Å². The van der Waals surface area contributed by atoms with Gasteiger partial charge in [0.15, 0.2) is 0 Å². The van der Waals surface area contributed by atoms with Crippen LogP contribution < -0.4 is 10.3 Å². The predicted octanol–water partition coefficient (Wildman–Crippen LogP) is 3.43. The number of aliphatic carboxylic acids is 1. The lowest BCUT2D eigenvalue weighted by Crippen LogP contribution is -2.28. The van der Waals surface area contributed by atoms with Crippen LogP contribution in [0, 0.1) is 5.92 Å². The van der Waals surface area contributed by atoms with Crippen molar-refractivity contribution in [2.75, 3.05) is 6.61 Å². The fourth-order valence-corrected chi connectivity index (χ4v) is 4.02. The van der Waals surface area contributed by atoms with Gasteiger partial charge in [0.05, 0.1) is 34.2 Å². The van der Waals surface area contributed by atoms with Gasteiger partial charge >= 0.3 is 5.97 Å². The first kappa shape index (κ1) is 19.7. The molecule has 0 unspecified atom stereocenters. The number of hydrogen-bond donors (Lipinski definition) is 1. The summed E-state index contributed by atoms with van der Waals surface area (Å²) in [5.74, 6) is 0.327. The van der Waals surface area contributed by atoms with Crippen LogP contribution in [0.3, 0.4) is 0 Å². The van der Waals surface area contributed by atoms with E-state index in [0.29, 0.717) is 28.9 Å². The second-order valence-corrected chi connectivity index (χ2v) is 8.63. The van der Waals surface area contributed by atoms with E-state index >= 15 is 0 Å². The molecule has 1 N–H and O–H groups in total. The molecule has 2 aromatic heterocycles. The van der Waals surface area contributed by atoms with E-state index in [2.05, 4.69) is 26.1 Å². The first-order chi connectivity index (χ1) is 15.0. The van der Waals surface area contributed by atoms with Crippen LogP contribution in [0.5, 0.6) is 5.75 Å². The molecule has 1 saturated carbocycles. The third kappa shape index (κ3) is 4.05. The molecule has 1 fully saturated rings. The molecule has 1 aliphatic carbocycles. The quantitative estimate of drug-likeness (QED) is 0.433. The number of nitrogens with zero attached hydrogens (tertiary/aromatic N) is 4. The Balaban J connectivity index is 1.52. The summed E-state index contributed by atoms with van der Waals surface area (Å²) in [7, 11) is 0. The average Bonchev–Trinajstić information content (AvgIpc) is 3.49. The zero-order valence-corrected chi connectivity index (χ0v) is 18.1. The van der Waals surface area contributed by atoms with Crippen molar-refractivity contribution >= 4 is 43.6 Å². The van der Waals surface area contributed by atoms with Gasteiger partial charge in [-0.15, -0.1) is 0 Å². The number of carbonyl (C=O) groups is 1. The van der Waals surface area contributed by atoms with Gasteiger partial charge in [-0.25, -0.2) is 4.68 Å². The smallest absolute Gasteiger partial charge is 0.325 e. The molecule has 0 bridgehead atoms. The number of aromatic nitrogens is 4. The maximum Gasteiger partial charge on any atom is 0.325 e. The molecular formula is C22H19BrN4O4. The molecule has 2 heterocycles. The van der Waals surface area contributed by atoms with Gasteiger partial charge in [-0.1, -0.05) is 18.2 Å². The molecule has 0 atom stereocenters. The summed E-state index contributed by atoms with van der Waals surface area (Å²) in [4.78, 5) is 23.8. The van der Waals surface area contributed by atoms with Gasteiger partial charge in [-0.05, 0) is 52.9 Å². The Morgan fingerprint density at radius 3 is 2.71 bits per heavy atom. The van der Waals surface area contributed by atoms with Crippen molar-refractivity contribution in [3.63, 3.8) is 0 Å². The van der Waals surface area contributed by atoms with Crippen molar-refractivity contribution < 1.29 is 14.6 Å². The SMILES string of the molecule is O=C(O)Cn1nc(Cn2cc3cc(OCC4CC4)c(Br)cc3n2)c2ccccc2c1=O. The zero-order valence-electron chi connectivity index (χ0n) is 16.5. The standard InChI is InChI=1S/C22H19BrN4O4/c23-17-8-18-14(7-20(17)31-12-13-5-6-13)9-26(24-18)10-19-15-3-1-2-4-16(15)22(30)27(25-19)11-21(28)29/h1-4,7-9,13H,5-6,10-12H2,(H,28,29). The number of ether oxygens (including phenoxy) is 1. The van der Waals surface area contributed by atoms with E-state index in [1.54, 1.807) is 16.8 Å². The largest absolute Gasteiger partial charge is 0.492 e. The third-order valence-corrected chi connectivity index (χ3v) is 5.94. The minimum absolute atomic E-state index is 0.297. The molecule has 0 aliphatic heterocycles. The number of carboxylic acid groups (broad SMARTS) is 1. The Kier molecular flexibility index (Phi) is 4.97. The highest BCUT2D eigenvalue weighted by atomic mass is 79.9. The van der Waals surface area contributed by atoms with E-state index in [0.717, 1.165) is 32.4 Å². The first-order valence-corrected chi connectivity index (χ1v) is 10.8. The minimum Gasteiger partial charge on any atom is -0.492 e. The molecule has 1 aliphatic rings. The van der Waals surface area contributed by atoms with Crippen LogP contribution >= 0.6 is 15.9 Å². The second-order valence-electron chi connectivity index (χ2n) is 7.77. The molecule has 31 heavy (non-hydrogen) atoms. The molecule has 9 heteroatoms. The van der Waals surface area contributed by atoms with Crippen LogP contribution in [0.1, 0.15) is 18.5 Å². The summed E-state index contributed by atoms with van der Waals surface area (Å²) >= 11 is 3.56. The molecular weight excluding hydrogens is 464 g/mol. The molecule has 0 radical (unpaired) electrons. The Hall–Kier alpha value is -3.20. The minimum atomic E-state index is -1.12. The lowest BCUT2D eigenvalue weighted by molar-refractivity contribution is -0.138. The third-order valence-electron chi connectivity index (χ3n) is 5.32. The number of fused-ring (bicyclic) bond motifs is 2. The van der Waals surface area contributed by atoms with Crippen LogP contribution in [0.4, 0.5) is 0 Å². The maximum atomic E-state index is 12.6. The van der Waals surface area contributed by atoms with Gasteiger partial charge in [0.1, 0.15) is 12.3 Å². The topological polar surface area (TPSA) is 99.2 Å². The van der Waals surface area contributed by atoms with E-state index in [1.807, 2.05) is 30.5 Å². The van der Waals surface area contributed by atoms with Crippen molar-refractivity contribution in [3.8, 4) is 5.75 Å².